The van der Waals surface area contributed by atoms with Crippen LogP contribution in [0.15, 0.2) is 59.5 Å². The fourth-order valence-electron chi connectivity index (χ4n) is 9.39. The maximum atomic E-state index is 13.5. The van der Waals surface area contributed by atoms with Gasteiger partial charge in [0.25, 0.3) is 5.91 Å². The molecule has 318 valence electrons. The molecule has 5 heterocycles. The summed E-state index contributed by atoms with van der Waals surface area (Å²) in [6.45, 7) is 5.78. The lowest BCUT2D eigenvalue weighted by Crippen LogP contribution is -2.45. The number of hydrogen-bond donors (Lipinski definition) is 3. The van der Waals surface area contributed by atoms with Gasteiger partial charge in [0.1, 0.15) is 17.4 Å². The van der Waals surface area contributed by atoms with Gasteiger partial charge < -0.3 is 20.2 Å². The van der Waals surface area contributed by atoms with E-state index < -0.39 is 41.0 Å². The third-order valence-corrected chi connectivity index (χ3v) is 12.6. The van der Waals surface area contributed by atoms with E-state index in [1.54, 1.807) is 37.6 Å². The van der Waals surface area contributed by atoms with Gasteiger partial charge >= 0.3 is 11.9 Å². The minimum absolute atomic E-state index is 0.170. The van der Waals surface area contributed by atoms with Crippen LogP contribution in [-0.2, 0) is 28.4 Å². The molecule has 0 radical (unpaired) electrons. The van der Waals surface area contributed by atoms with Crippen LogP contribution in [-0.4, -0.2) is 84.4 Å². The number of nitrogens with one attached hydrogen (secondary N) is 2. The topological polar surface area (TPSA) is 160 Å². The average Bonchev–Trinajstić information content (AvgIpc) is 3.74. The van der Waals surface area contributed by atoms with Gasteiger partial charge in [-0.1, -0.05) is 12.1 Å². The van der Waals surface area contributed by atoms with Crippen LogP contribution in [0.4, 0.5) is 24.5 Å². The van der Waals surface area contributed by atoms with Crippen LogP contribution in [0.2, 0.25) is 0 Å². The maximum Gasteiger partial charge on any atom is 0.433 e. The number of aromatic nitrogens is 5. The normalized spacial score (nSPS) is 20.9. The van der Waals surface area contributed by atoms with Crippen molar-refractivity contribution in [3.63, 3.8) is 0 Å². The number of imidazole rings is 1. The van der Waals surface area contributed by atoms with Gasteiger partial charge in [-0.2, -0.15) is 18.3 Å². The van der Waals surface area contributed by atoms with Crippen molar-refractivity contribution in [2.75, 3.05) is 36.9 Å². The molecule has 3 aromatic heterocycles. The minimum atomic E-state index is -4.70. The molecule has 3 N–H and O–H groups in total. The van der Waals surface area contributed by atoms with Gasteiger partial charge in [-0.05, 0) is 108 Å². The Hall–Kier alpha value is -5.55. The molecule has 14 nitrogen and oxygen atoms in total. The second-order valence-electron chi connectivity index (χ2n) is 17.1. The molecule has 17 heteroatoms. The van der Waals surface area contributed by atoms with E-state index in [4.69, 9.17) is 5.10 Å². The molecule has 0 spiro atoms. The summed E-state index contributed by atoms with van der Waals surface area (Å²) in [6, 6.07) is 12.2. The van der Waals surface area contributed by atoms with E-state index in [9.17, 15) is 37.5 Å². The summed E-state index contributed by atoms with van der Waals surface area (Å²) >= 11 is 0. The molecule has 1 aliphatic carbocycles. The van der Waals surface area contributed by atoms with Crippen LogP contribution in [0.25, 0.3) is 21.9 Å². The smallest absolute Gasteiger partial charge is 0.386 e. The molecule has 2 aliphatic heterocycles. The summed E-state index contributed by atoms with van der Waals surface area (Å²) in [5.74, 6) is -1.06. The number of nitrogens with zero attached hydrogens (tertiary/aromatic N) is 7. The van der Waals surface area contributed by atoms with Crippen molar-refractivity contribution in [2.45, 2.75) is 95.1 Å². The zero-order valence-electron chi connectivity index (χ0n) is 34.1. The number of hydrogen-bond acceptors (Lipinski definition) is 9. The molecule has 1 atom stereocenters. The molecule has 3 aliphatic rings. The van der Waals surface area contributed by atoms with Gasteiger partial charge in [0, 0.05) is 62.0 Å². The Kier molecular flexibility index (Phi) is 10.9. The summed E-state index contributed by atoms with van der Waals surface area (Å²) < 4.78 is 44.9. The summed E-state index contributed by atoms with van der Waals surface area (Å²) in [5, 5.41) is 21.7. The Bertz CT molecular complexity index is 2520. The predicted molar refractivity (Wildman–Crippen MR) is 220 cm³/mol. The van der Waals surface area contributed by atoms with Crippen molar-refractivity contribution in [1.29, 1.82) is 0 Å². The van der Waals surface area contributed by atoms with Crippen molar-refractivity contribution in [2.24, 2.45) is 13.0 Å². The molecule has 0 bridgehead atoms. The average molecular weight is 830 g/mol. The van der Waals surface area contributed by atoms with Crippen molar-refractivity contribution >= 4 is 51.0 Å². The SMILES string of the molecule is CN(C[C@H]1CC[C@H](n2cc3cc(NC(=O)c4cccc(C(F)(F)F)n4)c(C(C)(C)O)cc3n2)CC1)C1CCN(c2cccc3c2n(C)c(=O)n3C2CCC(=O)NC2=O)CC1. The number of carbonyl (C=O) groups is 3. The van der Waals surface area contributed by atoms with E-state index >= 15 is 0 Å². The molecule has 1 saturated carbocycles. The van der Waals surface area contributed by atoms with Crippen LogP contribution in [0, 0.1) is 5.92 Å². The number of fused-ring (bicyclic) bond motifs is 2. The van der Waals surface area contributed by atoms with Gasteiger partial charge in [0.2, 0.25) is 11.8 Å². The van der Waals surface area contributed by atoms with Crippen LogP contribution >= 0.6 is 0 Å². The highest BCUT2D eigenvalue weighted by Gasteiger charge is 2.35. The highest BCUT2D eigenvalue weighted by atomic mass is 19.4. The van der Waals surface area contributed by atoms with Crippen LogP contribution in [0.5, 0.6) is 0 Å². The molecule has 3 fully saturated rings. The lowest BCUT2D eigenvalue weighted by molar-refractivity contribution is -0.141. The van der Waals surface area contributed by atoms with Gasteiger partial charge in [-0.15, -0.1) is 0 Å². The number of alkyl halides is 3. The number of amides is 3. The number of benzene rings is 2. The monoisotopic (exact) mass is 829 g/mol. The van der Waals surface area contributed by atoms with Gasteiger partial charge in [0.15, 0.2) is 0 Å². The summed E-state index contributed by atoms with van der Waals surface area (Å²) in [4.78, 5) is 59.4. The lowest BCUT2D eigenvalue weighted by atomic mass is 9.85. The van der Waals surface area contributed by atoms with Crippen LogP contribution in [0.3, 0.4) is 0 Å². The fourth-order valence-corrected chi connectivity index (χ4v) is 9.39. The molecular weight excluding hydrogens is 780 g/mol. The van der Waals surface area contributed by atoms with Crippen molar-refractivity contribution in [1.82, 2.24) is 34.1 Å². The highest BCUT2D eigenvalue weighted by Crippen LogP contribution is 2.37. The Morgan fingerprint density at radius 3 is 2.38 bits per heavy atom. The second-order valence-corrected chi connectivity index (χ2v) is 17.1. The lowest BCUT2D eigenvalue weighted by Gasteiger charge is -2.40. The fraction of sp³-hybridized carbons (Fsp3) is 0.488. The first-order valence-electron chi connectivity index (χ1n) is 20.6. The number of imide groups is 1. The molecule has 2 saturated heterocycles. The second kappa shape index (κ2) is 15.8. The standard InChI is InChI=1S/C43H50F3N9O5/c1-42(2,60)29-22-31-26(21-32(29)48-39(57)30-7-5-10-36(47-30)43(44,45)46)24-54(50-31)28-13-11-25(12-14-28)23-51(3)27-17-19-53(20-18-27)33-8-6-9-34-38(33)52(4)41(59)55(34)35-15-16-37(56)49-40(35)58/h5-10,21-22,24-25,27-28,35,60H,11-20,23H2,1-4H3,(H,48,57)(H,49,56,58)/t25-,28-,35?. The zero-order chi connectivity index (χ0) is 42.7. The van der Waals surface area contributed by atoms with Gasteiger partial charge in [-0.3, -0.25) is 33.5 Å². The molecule has 60 heavy (non-hydrogen) atoms. The number of para-hydroxylation sites is 1. The van der Waals surface area contributed by atoms with E-state index in [1.165, 1.54) is 10.6 Å². The van der Waals surface area contributed by atoms with Crippen molar-refractivity contribution in [3.8, 4) is 0 Å². The predicted octanol–water partition coefficient (Wildman–Crippen LogP) is 5.89. The van der Waals surface area contributed by atoms with Gasteiger partial charge in [-0.25, -0.2) is 9.78 Å². The minimum Gasteiger partial charge on any atom is -0.386 e. The number of anilines is 2. The molecule has 2 aromatic carbocycles. The summed E-state index contributed by atoms with van der Waals surface area (Å²) in [7, 11) is 3.94. The number of aryl methyl sites for hydroxylation is 1. The Morgan fingerprint density at radius 1 is 0.983 bits per heavy atom. The largest absolute Gasteiger partial charge is 0.433 e. The van der Waals surface area contributed by atoms with Crippen LogP contribution in [0.1, 0.15) is 99.0 Å². The van der Waals surface area contributed by atoms with Crippen molar-refractivity contribution < 1.29 is 32.7 Å². The Labute approximate surface area is 344 Å². The first-order chi connectivity index (χ1) is 28.5. The van der Waals surface area contributed by atoms with E-state index in [0.29, 0.717) is 35.0 Å². The third kappa shape index (κ3) is 8.04. The summed E-state index contributed by atoms with van der Waals surface area (Å²) in [5.41, 5.74) is 0.515. The van der Waals surface area contributed by atoms with E-state index in [0.717, 1.165) is 86.9 Å². The van der Waals surface area contributed by atoms with Crippen molar-refractivity contribution in [3.05, 3.63) is 82.2 Å². The Morgan fingerprint density at radius 2 is 1.70 bits per heavy atom. The molecular formula is C43H50F3N9O5. The molecule has 8 rings (SSSR count). The maximum absolute atomic E-state index is 13.5. The number of halogens is 3. The molecule has 1 unspecified atom stereocenters. The Balaban J connectivity index is 0.885. The number of pyridine rings is 1. The highest BCUT2D eigenvalue weighted by molar-refractivity contribution is 6.04. The third-order valence-electron chi connectivity index (χ3n) is 12.6. The number of rotatable bonds is 9. The quantitative estimate of drug-likeness (QED) is 0.154. The van der Waals surface area contributed by atoms with Crippen LogP contribution < -0.4 is 21.2 Å². The summed E-state index contributed by atoms with van der Waals surface area (Å²) in [6.07, 6.45) is 3.59. The first-order valence-corrected chi connectivity index (χ1v) is 20.6. The van der Waals surface area contributed by atoms with E-state index in [-0.39, 0.29) is 29.7 Å². The zero-order valence-corrected chi connectivity index (χ0v) is 34.1. The number of carbonyl (C=O) groups excluding carboxylic acids is 3. The molecule has 3 amide bonds. The van der Waals surface area contributed by atoms with E-state index in [1.807, 2.05) is 29.1 Å². The van der Waals surface area contributed by atoms with Gasteiger partial charge in [0.05, 0.1) is 33.9 Å². The number of aliphatic hydroxyl groups is 1. The molecule has 5 aromatic rings. The first kappa shape index (κ1) is 41.2. The van der Waals surface area contributed by atoms with E-state index in [2.05, 4.69) is 32.5 Å². The number of piperidine rings is 2.